The molecule has 25 heavy (non-hydrogen) atoms. The number of aromatic nitrogens is 3. The lowest BCUT2D eigenvalue weighted by Crippen LogP contribution is -2.26. The Morgan fingerprint density at radius 1 is 1.40 bits per heavy atom. The first-order valence-electron chi connectivity index (χ1n) is 7.17. The van der Waals surface area contributed by atoms with E-state index in [0.29, 0.717) is 15.4 Å². The molecule has 0 spiro atoms. The molecular formula is C15H13BrFN5O3. The number of nitrogens with zero attached hydrogens (tertiary/aromatic N) is 2. The second-order valence-corrected chi connectivity index (χ2v) is 5.85. The van der Waals surface area contributed by atoms with Gasteiger partial charge in [0.05, 0.1) is 36.3 Å². The summed E-state index contributed by atoms with van der Waals surface area (Å²) in [7, 11) is 0. The van der Waals surface area contributed by atoms with Crippen LogP contribution in [0.15, 0.2) is 35.1 Å². The fraction of sp³-hybridized carbons (Fsp3) is 0.133. The number of anilines is 2. The summed E-state index contributed by atoms with van der Waals surface area (Å²) in [6.45, 7) is -0.315. The average molecular weight is 410 g/mol. The molecule has 1 amide bonds. The lowest BCUT2D eigenvalue weighted by molar-refractivity contribution is 0.0165. The maximum atomic E-state index is 14.2. The van der Waals surface area contributed by atoms with E-state index in [1.54, 1.807) is 6.07 Å². The van der Waals surface area contributed by atoms with Crippen LogP contribution in [0.2, 0.25) is 0 Å². The Balaban J connectivity index is 2.00. The van der Waals surface area contributed by atoms with Gasteiger partial charge in [0.1, 0.15) is 5.82 Å². The predicted octanol–water partition coefficient (Wildman–Crippen LogP) is 2.26. The summed E-state index contributed by atoms with van der Waals surface area (Å²) in [5, 5.41) is 18.9. The molecule has 8 nitrogen and oxygen atoms in total. The van der Waals surface area contributed by atoms with Crippen molar-refractivity contribution in [3.63, 3.8) is 0 Å². The molecule has 2 aromatic heterocycles. The van der Waals surface area contributed by atoms with Crippen LogP contribution in [0.1, 0.15) is 10.5 Å². The molecule has 10 heteroatoms. The van der Waals surface area contributed by atoms with Crippen molar-refractivity contribution < 1.29 is 19.1 Å². The molecule has 0 aliphatic heterocycles. The molecule has 130 valence electrons. The molecule has 4 N–H and O–H groups in total. The number of halogens is 2. The largest absolute Gasteiger partial charge is 0.394 e. The normalized spacial score (nSPS) is 10.8. The molecule has 0 bridgehead atoms. The van der Waals surface area contributed by atoms with Crippen LogP contribution >= 0.6 is 15.9 Å². The zero-order chi connectivity index (χ0) is 17.8. The number of H-pyrrole nitrogens is 1. The molecule has 0 atom stereocenters. The highest BCUT2D eigenvalue weighted by Gasteiger charge is 2.19. The maximum absolute atomic E-state index is 14.2. The molecule has 0 fully saturated rings. The number of carbonyl (C=O) groups is 1. The number of aliphatic hydroxyl groups excluding tert-OH is 1. The highest BCUT2D eigenvalue weighted by atomic mass is 79.9. The third-order valence-corrected chi connectivity index (χ3v) is 3.75. The minimum Gasteiger partial charge on any atom is -0.394 e. The number of hydrogen-bond acceptors (Lipinski definition) is 6. The maximum Gasteiger partial charge on any atom is 0.295 e. The lowest BCUT2D eigenvalue weighted by atomic mass is 10.2. The van der Waals surface area contributed by atoms with E-state index < -0.39 is 11.7 Å². The topological polar surface area (TPSA) is 112 Å². The van der Waals surface area contributed by atoms with Gasteiger partial charge in [-0.05, 0) is 18.2 Å². The number of fused-ring (bicyclic) bond motifs is 1. The molecule has 1 aromatic carbocycles. The SMILES string of the molecule is O=C(NOCCO)c1ncc2cn[nH]c2c1Nc1ccc(Br)cc1F. The predicted molar refractivity (Wildman–Crippen MR) is 91.8 cm³/mol. The number of carbonyl (C=O) groups excluding carboxylic acids is 1. The Labute approximate surface area is 149 Å². The zero-order valence-corrected chi connectivity index (χ0v) is 14.3. The smallest absolute Gasteiger partial charge is 0.295 e. The summed E-state index contributed by atoms with van der Waals surface area (Å²) >= 11 is 3.19. The number of benzene rings is 1. The van der Waals surface area contributed by atoms with Crippen LogP contribution in [0.3, 0.4) is 0 Å². The summed E-state index contributed by atoms with van der Waals surface area (Å²) in [4.78, 5) is 21.2. The zero-order valence-electron chi connectivity index (χ0n) is 12.7. The van der Waals surface area contributed by atoms with Gasteiger partial charge in [0, 0.05) is 16.1 Å². The second kappa shape index (κ2) is 7.55. The van der Waals surface area contributed by atoms with Gasteiger partial charge in [0.25, 0.3) is 5.91 Å². The van der Waals surface area contributed by atoms with Crippen LogP contribution in [-0.4, -0.2) is 39.4 Å². The van der Waals surface area contributed by atoms with Crippen LogP contribution in [0.4, 0.5) is 15.8 Å². The van der Waals surface area contributed by atoms with Crippen molar-refractivity contribution in [2.45, 2.75) is 0 Å². The first kappa shape index (κ1) is 17.3. The first-order valence-corrected chi connectivity index (χ1v) is 7.96. The molecule has 0 aliphatic carbocycles. The fourth-order valence-electron chi connectivity index (χ4n) is 2.14. The van der Waals surface area contributed by atoms with Gasteiger partial charge in [-0.3, -0.25) is 14.7 Å². The van der Waals surface area contributed by atoms with Crippen LogP contribution in [0.5, 0.6) is 0 Å². The van der Waals surface area contributed by atoms with E-state index in [2.05, 4.69) is 41.9 Å². The van der Waals surface area contributed by atoms with Gasteiger partial charge in [-0.25, -0.2) is 14.9 Å². The summed E-state index contributed by atoms with van der Waals surface area (Å²) in [6.07, 6.45) is 3.00. The van der Waals surface area contributed by atoms with Gasteiger partial charge in [0.2, 0.25) is 0 Å². The van der Waals surface area contributed by atoms with Crippen molar-refractivity contribution in [3.05, 3.63) is 46.6 Å². The lowest BCUT2D eigenvalue weighted by Gasteiger charge is -2.13. The Hall–Kier alpha value is -2.56. The highest BCUT2D eigenvalue weighted by molar-refractivity contribution is 9.10. The number of amides is 1. The van der Waals surface area contributed by atoms with Crippen molar-refractivity contribution in [2.24, 2.45) is 0 Å². The summed E-state index contributed by atoms with van der Waals surface area (Å²) < 4.78 is 14.7. The molecule has 0 radical (unpaired) electrons. The number of aliphatic hydroxyl groups is 1. The van der Waals surface area contributed by atoms with Gasteiger partial charge < -0.3 is 10.4 Å². The Morgan fingerprint density at radius 3 is 3.00 bits per heavy atom. The highest BCUT2D eigenvalue weighted by Crippen LogP contribution is 2.29. The van der Waals surface area contributed by atoms with Crippen LogP contribution in [0.25, 0.3) is 10.9 Å². The van der Waals surface area contributed by atoms with Crippen molar-refractivity contribution in [1.29, 1.82) is 0 Å². The van der Waals surface area contributed by atoms with Crippen molar-refractivity contribution in [2.75, 3.05) is 18.5 Å². The minimum absolute atomic E-state index is 0.0167. The second-order valence-electron chi connectivity index (χ2n) is 4.93. The summed E-state index contributed by atoms with van der Waals surface area (Å²) in [5.41, 5.74) is 3.06. The van der Waals surface area contributed by atoms with Crippen molar-refractivity contribution in [3.8, 4) is 0 Å². The molecule has 0 unspecified atom stereocenters. The number of hydrogen-bond donors (Lipinski definition) is 4. The van der Waals surface area contributed by atoms with Gasteiger partial charge in [0.15, 0.2) is 5.69 Å². The van der Waals surface area contributed by atoms with E-state index in [0.717, 1.165) is 0 Å². The van der Waals surface area contributed by atoms with Crippen molar-refractivity contribution >= 4 is 44.1 Å². The van der Waals surface area contributed by atoms with Crippen LogP contribution in [0, 0.1) is 5.82 Å². The van der Waals surface area contributed by atoms with E-state index in [9.17, 15) is 9.18 Å². The Bertz CT molecular complexity index is 917. The van der Waals surface area contributed by atoms with E-state index in [4.69, 9.17) is 9.94 Å². The third kappa shape index (κ3) is 3.76. The number of aromatic amines is 1. The number of pyridine rings is 1. The first-order chi connectivity index (χ1) is 12.1. The quantitative estimate of drug-likeness (QED) is 0.367. The molecule has 0 saturated carbocycles. The van der Waals surface area contributed by atoms with Gasteiger partial charge >= 0.3 is 0 Å². The molecule has 3 aromatic rings. The molecule has 0 saturated heterocycles. The summed E-state index contributed by atoms with van der Waals surface area (Å²) in [5.74, 6) is -1.15. The van der Waals surface area contributed by atoms with E-state index in [1.165, 1.54) is 24.5 Å². The number of nitrogens with one attached hydrogen (secondary N) is 3. The Kier molecular flexibility index (Phi) is 5.22. The van der Waals surface area contributed by atoms with Gasteiger partial charge in [-0.15, -0.1) is 0 Å². The number of rotatable bonds is 6. The third-order valence-electron chi connectivity index (χ3n) is 3.25. The molecule has 0 aliphatic rings. The summed E-state index contributed by atoms with van der Waals surface area (Å²) in [6, 6.07) is 4.49. The fourth-order valence-corrected chi connectivity index (χ4v) is 2.47. The van der Waals surface area contributed by atoms with E-state index >= 15 is 0 Å². The molecular weight excluding hydrogens is 397 g/mol. The van der Waals surface area contributed by atoms with Crippen molar-refractivity contribution in [1.82, 2.24) is 20.7 Å². The number of hydroxylamine groups is 1. The van der Waals surface area contributed by atoms with Crippen LogP contribution in [-0.2, 0) is 4.84 Å². The standard InChI is InChI=1S/C15H13BrFN5O3/c16-9-1-2-11(10(17)5-9)20-13-12-8(7-19-21-12)6-18-14(13)15(24)22-25-4-3-23/h1-2,5-7,20,23H,3-4H2,(H,19,21)(H,22,24). The molecule has 2 heterocycles. The van der Waals surface area contributed by atoms with Crippen LogP contribution < -0.4 is 10.8 Å². The monoisotopic (exact) mass is 409 g/mol. The molecule has 3 rings (SSSR count). The van der Waals surface area contributed by atoms with Gasteiger partial charge in [-0.1, -0.05) is 15.9 Å². The average Bonchev–Trinajstić information content (AvgIpc) is 3.06. The van der Waals surface area contributed by atoms with E-state index in [1.807, 2.05) is 0 Å². The van der Waals surface area contributed by atoms with E-state index in [-0.39, 0.29) is 30.3 Å². The minimum atomic E-state index is -0.648. The Morgan fingerprint density at radius 2 is 2.24 bits per heavy atom. The van der Waals surface area contributed by atoms with Gasteiger partial charge in [-0.2, -0.15) is 5.10 Å².